The molecule has 0 radical (unpaired) electrons. The Kier molecular flexibility index (Phi) is 3.80. The highest BCUT2D eigenvalue weighted by atomic mass is 79.9. The van der Waals surface area contributed by atoms with Gasteiger partial charge in [0.1, 0.15) is 22.3 Å². The first-order valence-electron chi connectivity index (χ1n) is 6.34. The molecule has 0 spiro atoms. The van der Waals surface area contributed by atoms with E-state index in [1.165, 1.54) is 0 Å². The maximum absolute atomic E-state index is 11.9. The van der Waals surface area contributed by atoms with Crippen molar-refractivity contribution in [3.8, 4) is 0 Å². The average Bonchev–Trinajstić information content (AvgIpc) is 2.59. The number of hydrogen-bond donors (Lipinski definition) is 1. The molecule has 0 aliphatic carbocycles. The molecule has 19 heavy (non-hydrogen) atoms. The first-order chi connectivity index (χ1) is 8.77. The van der Waals surface area contributed by atoms with Gasteiger partial charge in [0.2, 0.25) is 5.91 Å². The maximum atomic E-state index is 11.9. The minimum Gasteiger partial charge on any atom is -0.358 e. The Bertz CT molecular complexity index is 498. The van der Waals surface area contributed by atoms with Crippen molar-refractivity contribution < 1.29 is 4.79 Å². The number of nitrogens with one attached hydrogen (secondary N) is 1. The highest BCUT2D eigenvalue weighted by Gasteiger charge is 2.29. The lowest BCUT2D eigenvalue weighted by Crippen LogP contribution is -2.31. The summed E-state index contributed by atoms with van der Waals surface area (Å²) in [6, 6.07) is 1.63. The molecule has 0 bridgehead atoms. The average molecular weight is 327 g/mol. The van der Waals surface area contributed by atoms with E-state index in [1.807, 2.05) is 7.05 Å². The molecule has 0 saturated carbocycles. The predicted molar refractivity (Wildman–Crippen MR) is 78.1 cm³/mol. The van der Waals surface area contributed by atoms with Crippen LogP contribution in [-0.2, 0) is 10.2 Å². The summed E-state index contributed by atoms with van der Waals surface area (Å²) in [6.07, 6.45) is 0.807. The fraction of sp³-hybridized carbons (Fsp3) is 0.615. The number of carbonyl (C=O) groups is 1. The number of hydrogen-bond acceptors (Lipinski definition) is 4. The maximum Gasteiger partial charge on any atom is 0.244 e. The van der Waals surface area contributed by atoms with Crippen molar-refractivity contribution >= 4 is 27.7 Å². The Balaban J connectivity index is 2.22. The molecule has 2 heterocycles. The van der Waals surface area contributed by atoms with Gasteiger partial charge in [-0.05, 0) is 22.4 Å². The van der Waals surface area contributed by atoms with Crippen molar-refractivity contribution in [3.05, 3.63) is 16.5 Å². The van der Waals surface area contributed by atoms with Gasteiger partial charge in [-0.15, -0.1) is 0 Å². The number of carbonyl (C=O) groups excluding carboxylic acids is 1. The second-order valence-corrected chi connectivity index (χ2v) is 6.71. The van der Waals surface area contributed by atoms with Gasteiger partial charge < -0.3 is 10.2 Å². The fourth-order valence-electron chi connectivity index (χ4n) is 1.96. The molecular weight excluding hydrogens is 308 g/mol. The van der Waals surface area contributed by atoms with Crippen LogP contribution < -0.4 is 5.32 Å². The molecule has 1 aliphatic heterocycles. The van der Waals surface area contributed by atoms with Crippen LogP contribution in [-0.4, -0.2) is 40.4 Å². The van der Waals surface area contributed by atoms with Gasteiger partial charge in [-0.2, -0.15) is 0 Å². The number of rotatable bonds is 2. The minimum atomic E-state index is -0.181. The summed E-state index contributed by atoms with van der Waals surface area (Å²) in [4.78, 5) is 22.5. The molecule has 1 aliphatic rings. The molecule has 2 rings (SSSR count). The standard InChI is InChI=1S/C13H19BrN4O/c1-13(2,3)12-16-9(14)7-10(17-12)15-8-5-6-18(4)11(8)19/h7-8H,5-6H2,1-4H3,(H,15,16,17). The van der Waals surface area contributed by atoms with Crippen LogP contribution in [0.2, 0.25) is 0 Å². The molecule has 104 valence electrons. The highest BCUT2D eigenvalue weighted by Crippen LogP contribution is 2.23. The summed E-state index contributed by atoms with van der Waals surface area (Å²) in [5.41, 5.74) is -0.128. The van der Waals surface area contributed by atoms with E-state index in [-0.39, 0.29) is 17.4 Å². The van der Waals surface area contributed by atoms with Gasteiger partial charge in [-0.1, -0.05) is 20.8 Å². The van der Waals surface area contributed by atoms with E-state index in [4.69, 9.17) is 0 Å². The highest BCUT2D eigenvalue weighted by molar-refractivity contribution is 9.10. The quantitative estimate of drug-likeness (QED) is 0.846. The topological polar surface area (TPSA) is 58.1 Å². The van der Waals surface area contributed by atoms with Crippen LogP contribution in [0.3, 0.4) is 0 Å². The van der Waals surface area contributed by atoms with E-state index >= 15 is 0 Å². The third kappa shape index (κ3) is 3.23. The first-order valence-corrected chi connectivity index (χ1v) is 7.13. The smallest absolute Gasteiger partial charge is 0.244 e. The van der Waals surface area contributed by atoms with E-state index in [0.29, 0.717) is 5.82 Å². The van der Waals surface area contributed by atoms with E-state index in [1.54, 1.807) is 11.0 Å². The summed E-state index contributed by atoms with van der Waals surface area (Å²) >= 11 is 3.40. The molecule has 1 N–H and O–H groups in total. The molecule has 1 saturated heterocycles. The van der Waals surface area contributed by atoms with Crippen molar-refractivity contribution in [2.24, 2.45) is 0 Å². The Hall–Kier alpha value is -1.17. The van der Waals surface area contributed by atoms with Crippen molar-refractivity contribution in [1.82, 2.24) is 14.9 Å². The molecule has 1 unspecified atom stereocenters. The van der Waals surface area contributed by atoms with Crippen LogP contribution in [0.25, 0.3) is 0 Å². The molecule has 0 aromatic carbocycles. The van der Waals surface area contributed by atoms with E-state index in [9.17, 15) is 4.79 Å². The number of aromatic nitrogens is 2. The number of amides is 1. The molecule has 1 atom stereocenters. The van der Waals surface area contributed by atoms with E-state index in [0.717, 1.165) is 23.4 Å². The largest absolute Gasteiger partial charge is 0.358 e. The summed E-state index contributed by atoms with van der Waals surface area (Å²) in [6.45, 7) is 6.97. The van der Waals surface area contributed by atoms with Crippen LogP contribution in [0, 0.1) is 0 Å². The fourth-order valence-corrected chi connectivity index (χ4v) is 2.35. The number of nitrogens with zero attached hydrogens (tertiary/aromatic N) is 3. The van der Waals surface area contributed by atoms with Gasteiger partial charge >= 0.3 is 0 Å². The number of halogens is 1. The second-order valence-electron chi connectivity index (χ2n) is 5.89. The number of likely N-dealkylation sites (tertiary alicyclic amines) is 1. The summed E-state index contributed by atoms with van der Waals surface area (Å²) in [5.74, 6) is 1.57. The zero-order chi connectivity index (χ0) is 14.2. The van der Waals surface area contributed by atoms with Crippen LogP contribution >= 0.6 is 15.9 Å². The van der Waals surface area contributed by atoms with Gasteiger partial charge in [-0.25, -0.2) is 9.97 Å². The van der Waals surface area contributed by atoms with Crippen LogP contribution in [0.4, 0.5) is 5.82 Å². The van der Waals surface area contributed by atoms with Gasteiger partial charge in [-0.3, -0.25) is 4.79 Å². The normalized spacial score (nSPS) is 19.9. The third-order valence-electron chi connectivity index (χ3n) is 3.12. The van der Waals surface area contributed by atoms with Gasteiger partial charge in [0, 0.05) is 25.1 Å². The van der Waals surface area contributed by atoms with Gasteiger partial charge in [0.05, 0.1) is 0 Å². The molecule has 1 amide bonds. The van der Waals surface area contributed by atoms with Gasteiger partial charge in [0.25, 0.3) is 0 Å². The molecule has 1 aromatic heterocycles. The molecule has 1 fully saturated rings. The van der Waals surface area contributed by atoms with Crippen molar-refractivity contribution in [1.29, 1.82) is 0 Å². The lowest BCUT2D eigenvalue weighted by atomic mass is 9.96. The zero-order valence-electron chi connectivity index (χ0n) is 11.7. The second kappa shape index (κ2) is 5.07. The first kappa shape index (κ1) is 14.2. The van der Waals surface area contributed by atoms with Crippen LogP contribution in [0.15, 0.2) is 10.7 Å². The lowest BCUT2D eigenvalue weighted by molar-refractivity contribution is -0.127. The van der Waals surface area contributed by atoms with Crippen LogP contribution in [0.1, 0.15) is 33.0 Å². The van der Waals surface area contributed by atoms with Crippen molar-refractivity contribution in [2.45, 2.75) is 38.6 Å². The molecule has 1 aromatic rings. The lowest BCUT2D eigenvalue weighted by Gasteiger charge is -2.19. The summed E-state index contributed by atoms with van der Waals surface area (Å²) in [5, 5.41) is 3.20. The molecule has 6 heteroatoms. The molecule has 5 nitrogen and oxygen atoms in total. The van der Waals surface area contributed by atoms with Crippen molar-refractivity contribution in [3.63, 3.8) is 0 Å². The SMILES string of the molecule is CN1CCC(Nc2cc(Br)nc(C(C)(C)C)n2)C1=O. The Morgan fingerprint density at radius 1 is 1.42 bits per heavy atom. The van der Waals surface area contributed by atoms with Crippen LogP contribution in [0.5, 0.6) is 0 Å². The van der Waals surface area contributed by atoms with Gasteiger partial charge in [0.15, 0.2) is 0 Å². The van der Waals surface area contributed by atoms with Crippen molar-refractivity contribution in [2.75, 3.05) is 18.9 Å². The Morgan fingerprint density at radius 2 is 2.11 bits per heavy atom. The number of likely N-dealkylation sites (N-methyl/N-ethyl adjacent to an activating group) is 1. The van der Waals surface area contributed by atoms with E-state index in [2.05, 4.69) is 52.0 Å². The minimum absolute atomic E-state index is 0.118. The third-order valence-corrected chi connectivity index (χ3v) is 3.52. The summed E-state index contributed by atoms with van der Waals surface area (Å²) < 4.78 is 0.730. The monoisotopic (exact) mass is 326 g/mol. The Labute approximate surface area is 121 Å². The predicted octanol–water partition coefficient (Wildman–Crippen LogP) is 2.18. The Morgan fingerprint density at radius 3 is 2.63 bits per heavy atom. The summed E-state index contributed by atoms with van der Waals surface area (Å²) in [7, 11) is 1.82. The molecular formula is C13H19BrN4O. The number of anilines is 1. The zero-order valence-corrected chi connectivity index (χ0v) is 13.3. The van der Waals surface area contributed by atoms with E-state index < -0.39 is 0 Å².